The normalized spacial score (nSPS) is 21.8. The highest BCUT2D eigenvalue weighted by Gasteiger charge is 2.48. The molecule has 8 N–H and O–H groups in total. The average molecular weight is 611 g/mol. The molecule has 1 saturated heterocycles. The van der Waals surface area contributed by atoms with Gasteiger partial charge in [0.15, 0.2) is 34.5 Å². The maximum Gasteiger partial charge on any atom is 0.331 e. The lowest BCUT2D eigenvalue weighted by Gasteiger charge is -2.41. The third-order valence-corrected chi connectivity index (χ3v) is 6.80. The average Bonchev–Trinajstić information content (AvgIpc) is 2.99. The Hall–Kier alpha value is -5.28. The van der Waals surface area contributed by atoms with Crippen molar-refractivity contribution >= 4 is 23.0 Å². The summed E-state index contributed by atoms with van der Waals surface area (Å²) in [6.07, 6.45) is -6.29. The summed E-state index contributed by atoms with van der Waals surface area (Å²) < 4.78 is 22.0. The number of carbonyl (C=O) groups excluding carboxylic acids is 1. The second kappa shape index (κ2) is 12.1. The van der Waals surface area contributed by atoms with Crippen molar-refractivity contribution in [3.8, 4) is 45.8 Å². The van der Waals surface area contributed by atoms with E-state index in [4.69, 9.17) is 18.6 Å². The molecule has 230 valence electrons. The summed E-state index contributed by atoms with van der Waals surface area (Å²) in [7, 11) is 0. The van der Waals surface area contributed by atoms with Gasteiger partial charge in [0.2, 0.25) is 12.0 Å². The molecule has 0 saturated carbocycles. The molecule has 1 aliphatic rings. The summed E-state index contributed by atoms with van der Waals surface area (Å²) in [5.41, 5.74) is -0.380. The molecule has 0 spiro atoms. The van der Waals surface area contributed by atoms with Gasteiger partial charge in [0, 0.05) is 23.8 Å². The highest BCUT2D eigenvalue weighted by molar-refractivity contribution is 5.90. The van der Waals surface area contributed by atoms with Gasteiger partial charge in [-0.1, -0.05) is 12.1 Å². The number of hydrogen-bond acceptors (Lipinski definition) is 14. The van der Waals surface area contributed by atoms with Crippen molar-refractivity contribution in [2.75, 3.05) is 6.61 Å². The molecule has 14 heteroatoms. The summed E-state index contributed by atoms with van der Waals surface area (Å²) in [6.45, 7) is -0.797. The van der Waals surface area contributed by atoms with Crippen LogP contribution in [-0.4, -0.2) is 84.1 Å². The molecule has 4 aromatic rings. The van der Waals surface area contributed by atoms with Gasteiger partial charge in [-0.25, -0.2) is 4.79 Å². The van der Waals surface area contributed by atoms with E-state index in [2.05, 4.69) is 0 Å². The molecular formula is C30H26O14. The Kier molecular flexibility index (Phi) is 8.33. The van der Waals surface area contributed by atoms with E-state index in [-0.39, 0.29) is 22.7 Å². The van der Waals surface area contributed by atoms with Gasteiger partial charge in [0.05, 0.1) is 6.61 Å². The largest absolute Gasteiger partial charge is 0.508 e. The third kappa shape index (κ3) is 5.95. The lowest BCUT2D eigenvalue weighted by molar-refractivity contribution is -0.281. The van der Waals surface area contributed by atoms with Crippen molar-refractivity contribution in [1.29, 1.82) is 0 Å². The summed E-state index contributed by atoms with van der Waals surface area (Å²) in [5.74, 6) is -4.38. The van der Waals surface area contributed by atoms with Gasteiger partial charge in [0.1, 0.15) is 40.8 Å². The highest BCUT2D eigenvalue weighted by Crippen LogP contribution is 2.43. The smallest absolute Gasteiger partial charge is 0.331 e. The van der Waals surface area contributed by atoms with Gasteiger partial charge >= 0.3 is 5.97 Å². The zero-order valence-electron chi connectivity index (χ0n) is 22.5. The predicted octanol–water partition coefficient (Wildman–Crippen LogP) is 1.43. The van der Waals surface area contributed by atoms with Crippen molar-refractivity contribution in [1.82, 2.24) is 0 Å². The highest BCUT2D eigenvalue weighted by atomic mass is 16.7. The summed E-state index contributed by atoms with van der Waals surface area (Å²) >= 11 is 0. The summed E-state index contributed by atoms with van der Waals surface area (Å²) in [6, 6.07) is 11.4. The number of fused-ring (bicyclic) bond motifs is 1. The number of phenolic OH excluding ortho intramolecular Hbond substituents is 5. The molecule has 1 aromatic heterocycles. The maximum absolute atomic E-state index is 13.0. The van der Waals surface area contributed by atoms with E-state index in [0.29, 0.717) is 5.56 Å². The molecule has 1 fully saturated rings. The minimum absolute atomic E-state index is 0.00987. The van der Waals surface area contributed by atoms with Crippen molar-refractivity contribution in [2.24, 2.45) is 0 Å². The van der Waals surface area contributed by atoms with E-state index < -0.39 is 82.8 Å². The zero-order valence-corrected chi connectivity index (χ0v) is 22.5. The number of aliphatic hydroxyl groups is 3. The Balaban J connectivity index is 1.46. The van der Waals surface area contributed by atoms with Gasteiger partial charge in [-0.3, -0.25) is 4.79 Å². The second-order valence-corrected chi connectivity index (χ2v) is 9.78. The standard InChI is InChI=1S/C30H26O14/c31-12-22-25(38)27(40)29(43-23(37)8-3-13-1-5-15(32)6-2-13)30(42-22)44-28-19(36)11-21-24(26(28)39)18(35)10-20(41-21)14-4-7-16(33)17(34)9-14/h1-11,22,25,27,29-34,36,38-40H,12H2/b8-3+/t22-,25-,27+,29-,30+/m1/s1. The van der Waals surface area contributed by atoms with Crippen LogP contribution in [0.4, 0.5) is 0 Å². The van der Waals surface area contributed by atoms with Gasteiger partial charge < -0.3 is 59.5 Å². The zero-order chi connectivity index (χ0) is 31.7. The monoisotopic (exact) mass is 610 g/mol. The topological polar surface area (TPSA) is 237 Å². The van der Waals surface area contributed by atoms with E-state index in [9.17, 15) is 50.4 Å². The van der Waals surface area contributed by atoms with Crippen LogP contribution >= 0.6 is 0 Å². The van der Waals surface area contributed by atoms with Gasteiger partial charge in [0.25, 0.3) is 0 Å². The fourth-order valence-corrected chi connectivity index (χ4v) is 4.52. The van der Waals surface area contributed by atoms with E-state index in [0.717, 1.165) is 24.3 Å². The molecular weight excluding hydrogens is 584 g/mol. The van der Waals surface area contributed by atoms with Crippen LogP contribution in [0.2, 0.25) is 0 Å². The van der Waals surface area contributed by atoms with E-state index in [1.807, 2.05) is 0 Å². The Morgan fingerprint density at radius 2 is 1.61 bits per heavy atom. The molecule has 0 aliphatic carbocycles. The Morgan fingerprint density at radius 3 is 2.30 bits per heavy atom. The van der Waals surface area contributed by atoms with E-state index >= 15 is 0 Å². The Labute approximate surface area is 247 Å². The number of esters is 1. The van der Waals surface area contributed by atoms with Crippen LogP contribution in [0.15, 0.2) is 69.9 Å². The molecule has 0 unspecified atom stereocenters. The second-order valence-electron chi connectivity index (χ2n) is 9.78. The number of hydrogen-bond donors (Lipinski definition) is 8. The molecule has 0 amide bonds. The number of carbonyl (C=O) groups is 1. The Bertz CT molecular complexity index is 1780. The van der Waals surface area contributed by atoms with Gasteiger partial charge in [-0.15, -0.1) is 0 Å². The van der Waals surface area contributed by atoms with Crippen molar-refractivity contribution in [3.63, 3.8) is 0 Å². The van der Waals surface area contributed by atoms with Gasteiger partial charge in [-0.05, 0) is 42.0 Å². The first-order chi connectivity index (χ1) is 21.0. The van der Waals surface area contributed by atoms with Crippen LogP contribution < -0.4 is 10.2 Å². The molecule has 5 atom stereocenters. The fourth-order valence-electron chi connectivity index (χ4n) is 4.52. The number of aliphatic hydroxyl groups excluding tert-OH is 3. The molecule has 2 heterocycles. The number of aromatic hydroxyl groups is 5. The van der Waals surface area contributed by atoms with Crippen LogP contribution in [0.25, 0.3) is 28.4 Å². The van der Waals surface area contributed by atoms with Crippen molar-refractivity contribution in [3.05, 3.63) is 76.5 Å². The molecule has 1 aliphatic heterocycles. The number of phenols is 5. The van der Waals surface area contributed by atoms with Crippen LogP contribution in [0.3, 0.4) is 0 Å². The molecule has 14 nitrogen and oxygen atoms in total. The molecule has 5 rings (SSSR count). The SMILES string of the molecule is O=C(/C=C/c1ccc(O)cc1)O[C@H]1[C@H](Oc2c(O)cc3oc(-c4ccc(O)c(O)c4)cc(=O)c3c2O)O[C@H](CO)[C@@H](O)[C@@H]1O. The first-order valence-corrected chi connectivity index (χ1v) is 13.0. The Morgan fingerprint density at radius 1 is 0.886 bits per heavy atom. The quantitative estimate of drug-likeness (QED) is 0.0840. The summed E-state index contributed by atoms with van der Waals surface area (Å²) in [5, 5.41) is 80.7. The van der Waals surface area contributed by atoms with Crippen LogP contribution in [-0.2, 0) is 14.3 Å². The number of ether oxygens (including phenoxy) is 3. The fraction of sp³-hybridized carbons (Fsp3) is 0.200. The minimum Gasteiger partial charge on any atom is -0.508 e. The summed E-state index contributed by atoms with van der Waals surface area (Å²) in [4.78, 5) is 25.6. The molecule has 3 aromatic carbocycles. The van der Waals surface area contributed by atoms with Crippen LogP contribution in [0.1, 0.15) is 5.56 Å². The van der Waals surface area contributed by atoms with Crippen molar-refractivity contribution in [2.45, 2.75) is 30.7 Å². The molecule has 0 radical (unpaired) electrons. The lowest BCUT2D eigenvalue weighted by atomic mass is 9.99. The van der Waals surface area contributed by atoms with Crippen molar-refractivity contribution < 1.29 is 64.3 Å². The molecule has 0 bridgehead atoms. The van der Waals surface area contributed by atoms with Crippen LogP contribution in [0, 0.1) is 0 Å². The maximum atomic E-state index is 13.0. The first-order valence-electron chi connectivity index (χ1n) is 13.0. The number of benzene rings is 3. The molecule has 44 heavy (non-hydrogen) atoms. The lowest BCUT2D eigenvalue weighted by Crippen LogP contribution is -2.61. The van der Waals surface area contributed by atoms with E-state index in [1.165, 1.54) is 42.5 Å². The predicted molar refractivity (Wildman–Crippen MR) is 150 cm³/mol. The van der Waals surface area contributed by atoms with Gasteiger partial charge in [-0.2, -0.15) is 0 Å². The minimum atomic E-state index is -1.86. The van der Waals surface area contributed by atoms with E-state index in [1.54, 1.807) is 0 Å². The first kappa shape index (κ1) is 30.2. The number of rotatable bonds is 7. The third-order valence-electron chi connectivity index (χ3n) is 6.80. The van der Waals surface area contributed by atoms with Crippen LogP contribution in [0.5, 0.6) is 34.5 Å².